The Kier molecular flexibility index (Phi) is 5.00. The average Bonchev–Trinajstić information content (AvgIpc) is 2.29. The number of carbonyl (C=O) groups excluding carboxylic acids is 2. The fourth-order valence-electron chi connectivity index (χ4n) is 1.26. The molecule has 0 spiro atoms. The highest BCUT2D eigenvalue weighted by molar-refractivity contribution is 5.93. The van der Waals surface area contributed by atoms with E-state index < -0.39 is 0 Å². The molecule has 17 heavy (non-hydrogen) atoms. The second kappa shape index (κ2) is 6.52. The Labute approximate surface area is 101 Å². The molecule has 0 saturated heterocycles. The molecular formula is C12H17N3O2. The number of benzene rings is 1. The van der Waals surface area contributed by atoms with Crippen molar-refractivity contribution in [2.75, 3.05) is 17.2 Å². The quantitative estimate of drug-likeness (QED) is 0.748. The molecule has 0 aromatic heterocycles. The minimum absolute atomic E-state index is 0.0554. The van der Waals surface area contributed by atoms with Crippen LogP contribution in [0, 0.1) is 0 Å². The van der Waals surface area contributed by atoms with Gasteiger partial charge in [-0.1, -0.05) is 13.0 Å². The van der Waals surface area contributed by atoms with Crippen molar-refractivity contribution < 1.29 is 9.59 Å². The van der Waals surface area contributed by atoms with Gasteiger partial charge in [0.05, 0.1) is 0 Å². The Hall–Kier alpha value is -2.04. The van der Waals surface area contributed by atoms with E-state index in [4.69, 9.17) is 0 Å². The van der Waals surface area contributed by atoms with Gasteiger partial charge in [-0.15, -0.1) is 0 Å². The number of hydrogen-bond acceptors (Lipinski definition) is 2. The van der Waals surface area contributed by atoms with Gasteiger partial charge >= 0.3 is 6.03 Å². The zero-order valence-corrected chi connectivity index (χ0v) is 10.0. The minimum Gasteiger partial charge on any atom is -0.338 e. The maximum Gasteiger partial charge on any atom is 0.319 e. The second-order valence-electron chi connectivity index (χ2n) is 3.47. The van der Waals surface area contributed by atoms with E-state index in [-0.39, 0.29) is 11.9 Å². The summed E-state index contributed by atoms with van der Waals surface area (Å²) in [6.45, 7) is 4.20. The van der Waals surface area contributed by atoms with E-state index in [1.54, 1.807) is 31.2 Å². The molecule has 1 rings (SSSR count). The number of carbonyl (C=O) groups is 2. The van der Waals surface area contributed by atoms with Gasteiger partial charge in [-0.05, 0) is 25.1 Å². The van der Waals surface area contributed by atoms with Crippen LogP contribution in [0.3, 0.4) is 0 Å². The third-order valence-corrected chi connectivity index (χ3v) is 2.06. The van der Waals surface area contributed by atoms with Crippen molar-refractivity contribution in [3.05, 3.63) is 24.3 Å². The van der Waals surface area contributed by atoms with Crippen LogP contribution in [0.4, 0.5) is 16.2 Å². The molecule has 1 aromatic rings. The van der Waals surface area contributed by atoms with Gasteiger partial charge in [-0.2, -0.15) is 0 Å². The lowest BCUT2D eigenvalue weighted by atomic mass is 10.2. The van der Waals surface area contributed by atoms with Crippen LogP contribution in [0.1, 0.15) is 20.3 Å². The predicted octanol–water partition coefficient (Wildman–Crippen LogP) is 2.18. The van der Waals surface area contributed by atoms with Crippen LogP contribution in [-0.4, -0.2) is 18.5 Å². The summed E-state index contributed by atoms with van der Waals surface area (Å²) in [7, 11) is 0. The molecule has 3 amide bonds. The van der Waals surface area contributed by atoms with E-state index in [9.17, 15) is 9.59 Å². The Morgan fingerprint density at radius 3 is 2.35 bits per heavy atom. The van der Waals surface area contributed by atoms with Crippen LogP contribution >= 0.6 is 0 Å². The Morgan fingerprint density at radius 1 is 1.12 bits per heavy atom. The van der Waals surface area contributed by atoms with Gasteiger partial charge in [0.1, 0.15) is 0 Å². The molecule has 5 heteroatoms. The number of rotatable bonds is 4. The summed E-state index contributed by atoms with van der Waals surface area (Å²) in [5, 5.41) is 8.03. The van der Waals surface area contributed by atoms with Gasteiger partial charge in [0.25, 0.3) is 0 Å². The molecule has 0 saturated carbocycles. The van der Waals surface area contributed by atoms with Crippen molar-refractivity contribution >= 4 is 23.3 Å². The number of urea groups is 1. The van der Waals surface area contributed by atoms with Crippen LogP contribution in [0.5, 0.6) is 0 Å². The molecule has 0 heterocycles. The molecule has 0 bridgehead atoms. The number of hydrogen-bond donors (Lipinski definition) is 3. The lowest BCUT2D eigenvalue weighted by molar-refractivity contribution is -0.115. The summed E-state index contributed by atoms with van der Waals surface area (Å²) < 4.78 is 0. The summed E-state index contributed by atoms with van der Waals surface area (Å²) in [4.78, 5) is 22.5. The molecule has 0 fully saturated rings. The van der Waals surface area contributed by atoms with E-state index in [0.717, 1.165) is 0 Å². The third-order valence-electron chi connectivity index (χ3n) is 2.06. The highest BCUT2D eigenvalue weighted by atomic mass is 16.2. The van der Waals surface area contributed by atoms with Gasteiger partial charge in [-0.3, -0.25) is 4.79 Å². The fourth-order valence-corrected chi connectivity index (χ4v) is 1.26. The summed E-state index contributed by atoms with van der Waals surface area (Å²) in [6, 6.07) is 6.76. The van der Waals surface area contributed by atoms with Gasteiger partial charge in [0.15, 0.2) is 0 Å². The van der Waals surface area contributed by atoms with Crippen LogP contribution in [0.25, 0.3) is 0 Å². The number of nitrogens with one attached hydrogen (secondary N) is 3. The summed E-state index contributed by atoms with van der Waals surface area (Å²) in [5.74, 6) is -0.0554. The lowest BCUT2D eigenvalue weighted by Crippen LogP contribution is -2.28. The summed E-state index contributed by atoms with van der Waals surface area (Å²) >= 11 is 0. The molecule has 92 valence electrons. The van der Waals surface area contributed by atoms with E-state index in [0.29, 0.717) is 24.3 Å². The largest absolute Gasteiger partial charge is 0.338 e. The number of amides is 3. The minimum atomic E-state index is -0.258. The third kappa shape index (κ3) is 4.55. The second-order valence-corrected chi connectivity index (χ2v) is 3.47. The van der Waals surface area contributed by atoms with Crippen LogP contribution < -0.4 is 16.0 Å². The lowest BCUT2D eigenvalue weighted by Gasteiger charge is -2.08. The fraction of sp³-hybridized carbons (Fsp3) is 0.333. The summed E-state index contributed by atoms with van der Waals surface area (Å²) in [5.41, 5.74) is 1.32. The molecule has 0 aliphatic rings. The van der Waals surface area contributed by atoms with E-state index in [2.05, 4.69) is 16.0 Å². The van der Waals surface area contributed by atoms with Crippen molar-refractivity contribution in [3.63, 3.8) is 0 Å². The van der Waals surface area contributed by atoms with E-state index in [1.807, 2.05) is 6.92 Å². The molecular weight excluding hydrogens is 218 g/mol. The van der Waals surface area contributed by atoms with E-state index in [1.165, 1.54) is 0 Å². The first kappa shape index (κ1) is 13.0. The van der Waals surface area contributed by atoms with Crippen molar-refractivity contribution in [1.29, 1.82) is 0 Å². The van der Waals surface area contributed by atoms with Crippen LogP contribution in [0.15, 0.2) is 24.3 Å². The molecule has 0 unspecified atom stereocenters. The molecule has 0 radical (unpaired) electrons. The van der Waals surface area contributed by atoms with Gasteiger partial charge in [-0.25, -0.2) is 4.79 Å². The molecule has 0 aliphatic carbocycles. The SMILES string of the molecule is CCNC(=O)Nc1cccc(NC(=O)CC)c1. The smallest absolute Gasteiger partial charge is 0.319 e. The molecule has 1 aromatic carbocycles. The molecule has 3 N–H and O–H groups in total. The highest BCUT2D eigenvalue weighted by Crippen LogP contribution is 2.15. The molecule has 5 nitrogen and oxygen atoms in total. The normalized spacial score (nSPS) is 9.53. The van der Waals surface area contributed by atoms with E-state index >= 15 is 0 Å². The molecule has 0 aliphatic heterocycles. The first-order valence-corrected chi connectivity index (χ1v) is 5.60. The zero-order valence-electron chi connectivity index (χ0n) is 10.0. The molecule has 0 atom stereocenters. The van der Waals surface area contributed by atoms with Crippen molar-refractivity contribution in [1.82, 2.24) is 5.32 Å². The van der Waals surface area contributed by atoms with Crippen LogP contribution in [-0.2, 0) is 4.79 Å². The van der Waals surface area contributed by atoms with Crippen molar-refractivity contribution in [2.24, 2.45) is 0 Å². The number of anilines is 2. The van der Waals surface area contributed by atoms with Gasteiger partial charge in [0.2, 0.25) is 5.91 Å². The monoisotopic (exact) mass is 235 g/mol. The maximum atomic E-state index is 11.3. The Balaban J connectivity index is 2.65. The Bertz CT molecular complexity index is 404. The zero-order chi connectivity index (χ0) is 12.7. The topological polar surface area (TPSA) is 70.2 Å². The van der Waals surface area contributed by atoms with Crippen molar-refractivity contribution in [2.45, 2.75) is 20.3 Å². The maximum absolute atomic E-state index is 11.3. The van der Waals surface area contributed by atoms with Gasteiger partial charge in [0, 0.05) is 24.3 Å². The first-order chi connectivity index (χ1) is 8.15. The first-order valence-electron chi connectivity index (χ1n) is 5.60. The van der Waals surface area contributed by atoms with Crippen LogP contribution in [0.2, 0.25) is 0 Å². The standard InChI is InChI=1S/C12H17N3O2/c1-3-11(16)14-9-6-5-7-10(8-9)15-12(17)13-4-2/h5-8H,3-4H2,1-2H3,(H,14,16)(H2,13,15,17). The Morgan fingerprint density at radius 2 is 1.76 bits per heavy atom. The van der Waals surface area contributed by atoms with Crippen molar-refractivity contribution in [3.8, 4) is 0 Å². The average molecular weight is 235 g/mol. The summed E-state index contributed by atoms with van der Waals surface area (Å²) in [6.07, 6.45) is 0.425. The van der Waals surface area contributed by atoms with Gasteiger partial charge < -0.3 is 16.0 Å². The predicted molar refractivity (Wildman–Crippen MR) is 68.1 cm³/mol. The highest BCUT2D eigenvalue weighted by Gasteiger charge is 2.02.